The van der Waals surface area contributed by atoms with Gasteiger partial charge in [-0.25, -0.2) is 4.79 Å². The number of methoxy groups -OCH3 is 1. The van der Waals surface area contributed by atoms with Gasteiger partial charge in [0.1, 0.15) is 6.04 Å². The minimum atomic E-state index is -1.15. The molecule has 2 rings (SSSR count). The van der Waals surface area contributed by atoms with Crippen molar-refractivity contribution in [3.8, 4) is 6.07 Å². The van der Waals surface area contributed by atoms with Crippen molar-refractivity contribution in [2.24, 2.45) is 5.92 Å². The van der Waals surface area contributed by atoms with Gasteiger partial charge in [0.05, 0.1) is 24.7 Å². The fourth-order valence-electron chi connectivity index (χ4n) is 2.68. The number of benzene rings is 1. The van der Waals surface area contributed by atoms with Crippen LogP contribution in [-0.2, 0) is 25.5 Å². The van der Waals surface area contributed by atoms with Crippen molar-refractivity contribution in [1.29, 1.82) is 5.26 Å². The fraction of sp³-hybridized carbons (Fsp3) is 0.375. The third kappa shape index (κ3) is 3.66. The number of carboxylic acids is 1. The Bertz CT molecular complexity index is 679. The molecule has 7 heteroatoms. The second-order valence-corrected chi connectivity index (χ2v) is 5.34. The predicted molar refractivity (Wildman–Crippen MR) is 78.1 cm³/mol. The van der Waals surface area contributed by atoms with E-state index in [-0.39, 0.29) is 25.3 Å². The molecule has 0 radical (unpaired) electrons. The van der Waals surface area contributed by atoms with Crippen LogP contribution in [0.5, 0.6) is 0 Å². The third-order valence-corrected chi connectivity index (χ3v) is 3.84. The van der Waals surface area contributed by atoms with Crippen LogP contribution in [0.15, 0.2) is 24.3 Å². The zero-order valence-corrected chi connectivity index (χ0v) is 12.6. The van der Waals surface area contributed by atoms with E-state index >= 15 is 0 Å². The molecular formula is C16H16N2O5. The minimum Gasteiger partial charge on any atom is -0.480 e. The molecule has 0 saturated carbocycles. The number of amides is 1. The number of nitriles is 1. The van der Waals surface area contributed by atoms with E-state index in [0.29, 0.717) is 11.1 Å². The second-order valence-electron chi connectivity index (χ2n) is 5.34. The lowest BCUT2D eigenvalue weighted by Crippen LogP contribution is -2.44. The summed E-state index contributed by atoms with van der Waals surface area (Å²) in [7, 11) is 1.23. The normalized spacial score (nSPS) is 18.3. The summed E-state index contributed by atoms with van der Waals surface area (Å²) < 4.78 is 4.62. The van der Waals surface area contributed by atoms with E-state index in [4.69, 9.17) is 5.26 Å². The SMILES string of the molecule is COC(=O)C1CC(=O)N([C@@H](Cc2cccc(C#N)c2)C(=O)O)C1. The number of aliphatic carboxylic acids is 1. The molecule has 1 aromatic carbocycles. The number of carboxylic acid groups (broad SMARTS) is 1. The van der Waals surface area contributed by atoms with Crippen molar-refractivity contribution in [3.05, 3.63) is 35.4 Å². The molecule has 1 saturated heterocycles. The summed E-state index contributed by atoms with van der Waals surface area (Å²) in [6.45, 7) is 0.0282. The van der Waals surface area contributed by atoms with Gasteiger partial charge in [0.15, 0.2) is 0 Å². The lowest BCUT2D eigenvalue weighted by molar-refractivity contribution is -0.148. The molecule has 0 spiro atoms. The van der Waals surface area contributed by atoms with Crippen molar-refractivity contribution >= 4 is 17.8 Å². The minimum absolute atomic E-state index is 0.0282. The number of nitrogens with zero attached hydrogens (tertiary/aromatic N) is 2. The van der Waals surface area contributed by atoms with Gasteiger partial charge in [-0.3, -0.25) is 9.59 Å². The number of likely N-dealkylation sites (tertiary alicyclic amines) is 1. The highest BCUT2D eigenvalue weighted by Gasteiger charge is 2.41. The van der Waals surface area contributed by atoms with Crippen molar-refractivity contribution < 1.29 is 24.2 Å². The summed E-state index contributed by atoms with van der Waals surface area (Å²) in [6, 6.07) is 7.49. The van der Waals surface area contributed by atoms with E-state index in [2.05, 4.69) is 4.74 Å². The van der Waals surface area contributed by atoms with E-state index in [1.807, 2.05) is 6.07 Å². The van der Waals surface area contributed by atoms with Crippen LogP contribution in [0.1, 0.15) is 17.5 Å². The number of carbonyl (C=O) groups is 3. The van der Waals surface area contributed by atoms with E-state index in [0.717, 1.165) is 0 Å². The van der Waals surface area contributed by atoms with Crippen LogP contribution in [0.25, 0.3) is 0 Å². The highest BCUT2D eigenvalue weighted by molar-refractivity contribution is 5.90. The molecule has 120 valence electrons. The van der Waals surface area contributed by atoms with Gasteiger partial charge in [0, 0.05) is 19.4 Å². The van der Waals surface area contributed by atoms with Gasteiger partial charge in [0.2, 0.25) is 5.91 Å². The van der Waals surface area contributed by atoms with E-state index < -0.39 is 23.9 Å². The molecule has 23 heavy (non-hydrogen) atoms. The van der Waals surface area contributed by atoms with Crippen LogP contribution in [0, 0.1) is 17.2 Å². The largest absolute Gasteiger partial charge is 0.480 e. The zero-order chi connectivity index (χ0) is 17.0. The molecular weight excluding hydrogens is 300 g/mol. The highest BCUT2D eigenvalue weighted by Crippen LogP contribution is 2.23. The lowest BCUT2D eigenvalue weighted by Gasteiger charge is -2.24. The molecule has 1 amide bonds. The summed E-state index contributed by atoms with van der Waals surface area (Å²) in [6.07, 6.45) is 0.0270. The van der Waals surface area contributed by atoms with Gasteiger partial charge >= 0.3 is 11.9 Å². The molecule has 0 aliphatic carbocycles. The topological polar surface area (TPSA) is 108 Å². The average molecular weight is 316 g/mol. The van der Waals surface area contributed by atoms with E-state index in [1.54, 1.807) is 24.3 Å². The number of hydrogen-bond donors (Lipinski definition) is 1. The van der Waals surface area contributed by atoms with Crippen LogP contribution >= 0.6 is 0 Å². The number of rotatable bonds is 5. The van der Waals surface area contributed by atoms with Gasteiger partial charge in [0.25, 0.3) is 0 Å². The van der Waals surface area contributed by atoms with Crippen LogP contribution in [-0.4, -0.2) is 47.5 Å². The maximum absolute atomic E-state index is 12.1. The Balaban J connectivity index is 2.19. The molecule has 1 aliphatic heterocycles. The van der Waals surface area contributed by atoms with Crippen molar-refractivity contribution in [3.63, 3.8) is 0 Å². The number of esters is 1. The van der Waals surface area contributed by atoms with Crippen molar-refractivity contribution in [2.75, 3.05) is 13.7 Å². The maximum Gasteiger partial charge on any atom is 0.326 e. The monoisotopic (exact) mass is 316 g/mol. The zero-order valence-electron chi connectivity index (χ0n) is 12.6. The molecule has 0 aromatic heterocycles. The number of carbonyl (C=O) groups excluding carboxylic acids is 2. The van der Waals surface area contributed by atoms with Crippen LogP contribution in [0.2, 0.25) is 0 Å². The summed E-state index contributed by atoms with van der Waals surface area (Å²) in [4.78, 5) is 36.4. The Morgan fingerprint density at radius 3 is 2.87 bits per heavy atom. The van der Waals surface area contributed by atoms with Gasteiger partial charge in [-0.15, -0.1) is 0 Å². The molecule has 1 fully saturated rings. The Kier molecular flexibility index (Phi) is 4.96. The third-order valence-electron chi connectivity index (χ3n) is 3.84. The first-order chi connectivity index (χ1) is 11.0. The first kappa shape index (κ1) is 16.5. The Morgan fingerprint density at radius 2 is 2.26 bits per heavy atom. The summed E-state index contributed by atoms with van der Waals surface area (Å²) in [5.41, 5.74) is 1.07. The molecule has 1 heterocycles. The smallest absolute Gasteiger partial charge is 0.326 e. The first-order valence-corrected chi connectivity index (χ1v) is 7.05. The second kappa shape index (κ2) is 6.92. The first-order valence-electron chi connectivity index (χ1n) is 7.05. The number of hydrogen-bond acceptors (Lipinski definition) is 5. The highest BCUT2D eigenvalue weighted by atomic mass is 16.5. The maximum atomic E-state index is 12.1. The van der Waals surface area contributed by atoms with Crippen molar-refractivity contribution in [2.45, 2.75) is 18.9 Å². The molecule has 1 unspecified atom stereocenters. The summed E-state index contributed by atoms with van der Waals surface area (Å²) >= 11 is 0. The predicted octanol–water partition coefficient (Wildman–Crippen LogP) is 0.575. The van der Waals surface area contributed by atoms with Gasteiger partial charge in [-0.2, -0.15) is 5.26 Å². The van der Waals surface area contributed by atoms with E-state index in [9.17, 15) is 19.5 Å². The molecule has 1 aliphatic rings. The quantitative estimate of drug-likeness (QED) is 0.796. The van der Waals surface area contributed by atoms with E-state index in [1.165, 1.54) is 12.0 Å². The van der Waals surface area contributed by atoms with Gasteiger partial charge in [-0.05, 0) is 17.7 Å². The fourth-order valence-corrected chi connectivity index (χ4v) is 2.68. The number of ether oxygens (including phenoxy) is 1. The van der Waals surface area contributed by atoms with Gasteiger partial charge < -0.3 is 14.7 Å². The Hall–Kier alpha value is -2.88. The Labute approximate surface area is 133 Å². The molecule has 1 N–H and O–H groups in total. The molecule has 1 aromatic rings. The van der Waals surface area contributed by atoms with Crippen LogP contribution in [0.3, 0.4) is 0 Å². The Morgan fingerprint density at radius 1 is 1.52 bits per heavy atom. The lowest BCUT2D eigenvalue weighted by atomic mass is 10.0. The van der Waals surface area contributed by atoms with Crippen molar-refractivity contribution in [1.82, 2.24) is 4.90 Å². The molecule has 7 nitrogen and oxygen atoms in total. The van der Waals surface area contributed by atoms with Gasteiger partial charge in [-0.1, -0.05) is 12.1 Å². The van der Waals surface area contributed by atoms with Crippen LogP contribution in [0.4, 0.5) is 0 Å². The average Bonchev–Trinajstić information content (AvgIpc) is 2.93. The molecule has 2 atom stereocenters. The van der Waals surface area contributed by atoms with Crippen LogP contribution < -0.4 is 0 Å². The standard InChI is InChI=1S/C16H16N2O5/c1-23-16(22)12-7-14(19)18(9-12)13(15(20)21)6-10-3-2-4-11(5-10)8-17/h2-5,12-13H,6-7,9H2,1H3,(H,20,21)/t12?,13-/m0/s1. The summed E-state index contributed by atoms with van der Waals surface area (Å²) in [5.74, 6) is -2.69. The summed E-state index contributed by atoms with van der Waals surface area (Å²) in [5, 5.41) is 18.3. The molecule has 0 bridgehead atoms.